The van der Waals surface area contributed by atoms with Crippen LogP contribution < -0.4 is 10.1 Å². The van der Waals surface area contributed by atoms with E-state index in [1.54, 1.807) is 0 Å². The summed E-state index contributed by atoms with van der Waals surface area (Å²) in [6, 6.07) is 17.8. The molecule has 152 valence electrons. The summed E-state index contributed by atoms with van der Waals surface area (Å²) in [4.78, 5) is 23.6. The van der Waals surface area contributed by atoms with Gasteiger partial charge in [-0.05, 0) is 28.3 Å². The summed E-state index contributed by atoms with van der Waals surface area (Å²) in [5.41, 5.74) is 3.78. The topological polar surface area (TPSA) is 84.9 Å². The first-order valence-corrected chi connectivity index (χ1v) is 9.22. The monoisotopic (exact) mass is 407 g/mol. The Bertz CT molecular complexity index is 1100. The van der Waals surface area contributed by atoms with Crippen molar-refractivity contribution in [3.8, 4) is 16.9 Å². The van der Waals surface area contributed by atoms with Gasteiger partial charge in [0.2, 0.25) is 0 Å². The molecule has 3 aromatic rings. The molecule has 0 spiro atoms. The lowest BCUT2D eigenvalue weighted by molar-refractivity contribution is 0.0691. The Morgan fingerprint density at radius 2 is 1.63 bits per heavy atom. The van der Waals surface area contributed by atoms with Crippen molar-refractivity contribution in [2.75, 3.05) is 19.0 Å². The number of nitrogens with one attached hydrogen (secondary N) is 1. The summed E-state index contributed by atoms with van der Waals surface area (Å²) >= 11 is 0. The molecule has 30 heavy (non-hydrogen) atoms. The Kier molecular flexibility index (Phi) is 5.10. The minimum atomic E-state index is -1.45. The van der Waals surface area contributed by atoms with Crippen molar-refractivity contribution in [1.29, 1.82) is 0 Å². The number of anilines is 1. The molecule has 0 atom stereocenters. The second-order valence-electron chi connectivity index (χ2n) is 6.79. The van der Waals surface area contributed by atoms with Crippen molar-refractivity contribution >= 4 is 17.7 Å². The highest BCUT2D eigenvalue weighted by Gasteiger charge is 2.29. The molecule has 1 aliphatic rings. The molecule has 0 radical (unpaired) electrons. The molecular formula is C23H18FNO5. The van der Waals surface area contributed by atoms with Gasteiger partial charge in [0.05, 0.1) is 18.4 Å². The fraction of sp³-hybridized carbons (Fsp3) is 0.130. The minimum absolute atomic E-state index is 0.00789. The van der Waals surface area contributed by atoms with E-state index < -0.39 is 23.4 Å². The van der Waals surface area contributed by atoms with Crippen molar-refractivity contribution in [2.45, 2.75) is 5.92 Å². The fourth-order valence-corrected chi connectivity index (χ4v) is 3.73. The van der Waals surface area contributed by atoms with Gasteiger partial charge in [-0.1, -0.05) is 48.5 Å². The molecular weight excluding hydrogens is 389 g/mol. The van der Waals surface area contributed by atoms with Crippen LogP contribution in [0.2, 0.25) is 0 Å². The molecule has 0 aliphatic heterocycles. The highest BCUT2D eigenvalue weighted by molar-refractivity contribution is 5.93. The number of hydrogen-bond donors (Lipinski definition) is 2. The molecule has 0 saturated carbocycles. The van der Waals surface area contributed by atoms with Crippen molar-refractivity contribution in [3.63, 3.8) is 0 Å². The normalized spacial score (nSPS) is 12.1. The maximum atomic E-state index is 13.8. The van der Waals surface area contributed by atoms with Crippen molar-refractivity contribution in [1.82, 2.24) is 0 Å². The van der Waals surface area contributed by atoms with E-state index in [9.17, 15) is 14.0 Å². The van der Waals surface area contributed by atoms with Crippen molar-refractivity contribution < 1.29 is 28.6 Å². The zero-order valence-electron chi connectivity index (χ0n) is 16.0. The number of carboxylic acids is 1. The second kappa shape index (κ2) is 7.87. The Morgan fingerprint density at radius 1 is 1.03 bits per heavy atom. The van der Waals surface area contributed by atoms with Gasteiger partial charge >= 0.3 is 12.1 Å². The zero-order chi connectivity index (χ0) is 21.3. The Balaban J connectivity index is 1.53. The molecule has 0 fully saturated rings. The number of carboxylic acid groups (broad SMARTS) is 1. The number of carbonyl (C=O) groups excluding carboxylic acids is 1. The number of rotatable bonds is 5. The average molecular weight is 407 g/mol. The van der Waals surface area contributed by atoms with Crippen molar-refractivity contribution in [3.05, 3.63) is 83.2 Å². The Hall–Kier alpha value is -3.87. The standard InChI is InChI=1S/C23H18FNO5/c1-29-21-11-19(24)17(22(26)27)10-20(21)25-23(28)30-12-18-15-8-4-2-6-13(15)14-7-3-5-9-16(14)18/h2-11,18H,12H2,1H3,(H,25,28)(H,26,27). The SMILES string of the molecule is COc1cc(F)c(C(=O)O)cc1NC(=O)OCC1c2ccccc2-c2ccccc21. The molecule has 0 aromatic heterocycles. The number of hydrogen-bond acceptors (Lipinski definition) is 4. The van der Waals surface area contributed by atoms with Crippen LogP contribution in [-0.2, 0) is 4.74 Å². The van der Waals surface area contributed by atoms with Gasteiger partial charge in [-0.15, -0.1) is 0 Å². The maximum Gasteiger partial charge on any atom is 0.411 e. The number of aromatic carboxylic acids is 1. The molecule has 0 unspecified atom stereocenters. The second-order valence-corrected chi connectivity index (χ2v) is 6.79. The number of amides is 1. The lowest BCUT2D eigenvalue weighted by Crippen LogP contribution is -2.18. The van der Waals surface area contributed by atoms with E-state index >= 15 is 0 Å². The maximum absolute atomic E-state index is 13.8. The summed E-state index contributed by atoms with van der Waals surface area (Å²) in [5.74, 6) is -2.54. The third kappa shape index (κ3) is 3.45. The van der Waals surface area contributed by atoms with E-state index in [4.69, 9.17) is 14.6 Å². The molecule has 2 N–H and O–H groups in total. The predicted octanol–water partition coefficient (Wildman–Crippen LogP) is 4.89. The van der Waals surface area contributed by atoms with Crippen LogP contribution in [0.5, 0.6) is 5.75 Å². The number of halogens is 1. The average Bonchev–Trinajstić information content (AvgIpc) is 3.07. The van der Waals surface area contributed by atoms with E-state index in [2.05, 4.69) is 5.32 Å². The molecule has 0 heterocycles. The van der Waals surface area contributed by atoms with Gasteiger partial charge in [0, 0.05) is 12.0 Å². The Labute approximate surface area is 171 Å². The third-order valence-corrected chi connectivity index (χ3v) is 5.10. The number of ether oxygens (including phenoxy) is 2. The third-order valence-electron chi connectivity index (χ3n) is 5.10. The van der Waals surface area contributed by atoms with Crippen LogP contribution in [0.15, 0.2) is 60.7 Å². The molecule has 1 amide bonds. The quantitative estimate of drug-likeness (QED) is 0.629. The van der Waals surface area contributed by atoms with Gasteiger partial charge in [-0.25, -0.2) is 14.0 Å². The van der Waals surface area contributed by atoms with Gasteiger partial charge in [0.25, 0.3) is 0 Å². The number of methoxy groups -OCH3 is 1. The van der Waals surface area contributed by atoms with Gasteiger partial charge in [-0.3, -0.25) is 5.32 Å². The van der Waals surface area contributed by atoms with Crippen LogP contribution >= 0.6 is 0 Å². The smallest absolute Gasteiger partial charge is 0.411 e. The van der Waals surface area contributed by atoms with Crippen LogP contribution in [0.1, 0.15) is 27.4 Å². The van der Waals surface area contributed by atoms with Crippen LogP contribution in [0.3, 0.4) is 0 Å². The first kappa shape index (κ1) is 19.4. The van der Waals surface area contributed by atoms with Gasteiger partial charge in [-0.2, -0.15) is 0 Å². The van der Waals surface area contributed by atoms with Gasteiger partial charge in [0.15, 0.2) is 0 Å². The first-order chi connectivity index (χ1) is 14.5. The number of benzene rings is 3. The molecule has 0 saturated heterocycles. The van der Waals surface area contributed by atoms with Crippen LogP contribution in [0.4, 0.5) is 14.9 Å². The largest absolute Gasteiger partial charge is 0.494 e. The molecule has 1 aliphatic carbocycles. The van der Waals surface area contributed by atoms with Crippen LogP contribution in [0, 0.1) is 5.82 Å². The van der Waals surface area contributed by atoms with E-state index in [-0.39, 0.29) is 24.0 Å². The highest BCUT2D eigenvalue weighted by Crippen LogP contribution is 2.44. The molecule has 7 heteroatoms. The summed E-state index contributed by atoms with van der Waals surface area (Å²) in [5, 5.41) is 11.5. The van der Waals surface area contributed by atoms with E-state index in [0.29, 0.717) is 0 Å². The Morgan fingerprint density at radius 3 is 2.20 bits per heavy atom. The predicted molar refractivity (Wildman–Crippen MR) is 109 cm³/mol. The minimum Gasteiger partial charge on any atom is -0.494 e. The number of carbonyl (C=O) groups is 2. The van der Waals surface area contributed by atoms with Crippen LogP contribution in [-0.4, -0.2) is 30.9 Å². The summed E-state index contributed by atoms with van der Waals surface area (Å²) in [6.45, 7) is 0.0924. The van der Waals surface area contributed by atoms with Crippen LogP contribution in [0.25, 0.3) is 11.1 Å². The fourth-order valence-electron chi connectivity index (χ4n) is 3.73. The van der Waals surface area contributed by atoms with E-state index in [1.165, 1.54) is 7.11 Å². The molecule has 0 bridgehead atoms. The molecule has 4 rings (SSSR count). The summed E-state index contributed by atoms with van der Waals surface area (Å²) in [7, 11) is 1.29. The zero-order valence-corrected chi connectivity index (χ0v) is 16.0. The molecule has 6 nitrogen and oxygen atoms in total. The van der Waals surface area contributed by atoms with Gasteiger partial charge in [0.1, 0.15) is 18.2 Å². The van der Waals surface area contributed by atoms with Gasteiger partial charge < -0.3 is 14.6 Å². The highest BCUT2D eigenvalue weighted by atomic mass is 19.1. The summed E-state index contributed by atoms with van der Waals surface area (Å²) < 4.78 is 24.3. The molecule has 3 aromatic carbocycles. The first-order valence-electron chi connectivity index (χ1n) is 9.22. The lowest BCUT2D eigenvalue weighted by Gasteiger charge is -2.16. The number of fused-ring (bicyclic) bond motifs is 3. The van der Waals surface area contributed by atoms with E-state index in [1.807, 2.05) is 48.5 Å². The lowest BCUT2D eigenvalue weighted by atomic mass is 9.98. The van der Waals surface area contributed by atoms with E-state index in [0.717, 1.165) is 34.4 Å². The van der Waals surface area contributed by atoms with Crippen molar-refractivity contribution in [2.24, 2.45) is 0 Å². The summed E-state index contributed by atoms with van der Waals surface area (Å²) in [6.07, 6.45) is -0.793.